The zero-order chi connectivity index (χ0) is 17.1. The first-order valence-electron chi connectivity index (χ1n) is 7.81. The third-order valence-electron chi connectivity index (χ3n) is 4.06. The quantitative estimate of drug-likeness (QED) is 0.872. The number of nitrogens with zero attached hydrogens (tertiary/aromatic N) is 4. The van der Waals surface area contributed by atoms with E-state index in [9.17, 15) is 4.79 Å². The Morgan fingerprint density at radius 3 is 2.79 bits per heavy atom. The Morgan fingerprint density at radius 1 is 1.33 bits per heavy atom. The van der Waals surface area contributed by atoms with Gasteiger partial charge in [0.05, 0.1) is 0 Å². The second kappa shape index (κ2) is 7.17. The van der Waals surface area contributed by atoms with E-state index in [0.717, 1.165) is 29.8 Å². The molecule has 2 aromatic rings. The molecule has 1 saturated heterocycles. The van der Waals surface area contributed by atoms with Gasteiger partial charge in [-0.05, 0) is 24.0 Å². The number of carbonyl (C=O) groups excluding carboxylic acids is 1. The molecule has 0 atom stereocenters. The van der Waals surface area contributed by atoms with Crippen molar-refractivity contribution in [1.82, 2.24) is 14.9 Å². The average molecular weight is 390 g/mol. The summed E-state index contributed by atoms with van der Waals surface area (Å²) < 4.78 is 1.13. The molecular formula is C17H20BrN5O. The van der Waals surface area contributed by atoms with Crippen LogP contribution < -0.4 is 10.2 Å². The Bertz CT molecular complexity index is 730. The predicted octanol–water partition coefficient (Wildman–Crippen LogP) is 3.01. The highest BCUT2D eigenvalue weighted by atomic mass is 79.9. The van der Waals surface area contributed by atoms with Gasteiger partial charge in [-0.2, -0.15) is 0 Å². The summed E-state index contributed by atoms with van der Waals surface area (Å²) in [6.07, 6.45) is 2.43. The molecule has 0 saturated carbocycles. The van der Waals surface area contributed by atoms with E-state index in [1.165, 1.54) is 11.9 Å². The maximum Gasteiger partial charge on any atom is 0.323 e. The molecule has 7 heteroatoms. The van der Waals surface area contributed by atoms with Gasteiger partial charge in [0.2, 0.25) is 0 Å². The third-order valence-corrected chi connectivity index (χ3v) is 4.83. The predicted molar refractivity (Wildman–Crippen MR) is 98.3 cm³/mol. The summed E-state index contributed by atoms with van der Waals surface area (Å²) in [7, 11) is 3.80. The van der Waals surface area contributed by atoms with Gasteiger partial charge >= 0.3 is 6.03 Å². The van der Waals surface area contributed by atoms with Crippen molar-refractivity contribution in [1.29, 1.82) is 0 Å². The molecule has 1 fully saturated rings. The number of carbonyl (C=O) groups is 1. The van der Waals surface area contributed by atoms with Gasteiger partial charge in [0.1, 0.15) is 18.0 Å². The molecule has 0 unspecified atom stereocenters. The van der Waals surface area contributed by atoms with Crippen LogP contribution in [0.2, 0.25) is 0 Å². The van der Waals surface area contributed by atoms with Gasteiger partial charge in [-0.15, -0.1) is 0 Å². The van der Waals surface area contributed by atoms with Gasteiger partial charge < -0.3 is 9.80 Å². The molecule has 6 nitrogen and oxygen atoms in total. The second-order valence-electron chi connectivity index (χ2n) is 6.15. The van der Waals surface area contributed by atoms with E-state index in [0.29, 0.717) is 11.7 Å². The van der Waals surface area contributed by atoms with Crippen molar-refractivity contribution in [2.75, 3.05) is 37.4 Å². The number of urea groups is 1. The molecular weight excluding hydrogens is 370 g/mol. The molecule has 3 rings (SSSR count). The largest absolute Gasteiger partial charge is 0.363 e. The lowest BCUT2D eigenvalue weighted by molar-refractivity contribution is 0.131. The van der Waals surface area contributed by atoms with Crippen molar-refractivity contribution < 1.29 is 4.79 Å². The summed E-state index contributed by atoms with van der Waals surface area (Å²) in [4.78, 5) is 24.2. The minimum absolute atomic E-state index is 0.109. The number of nitrogens with one attached hydrogen (secondary N) is 1. The molecule has 0 spiro atoms. The summed E-state index contributed by atoms with van der Waals surface area (Å²) in [5.74, 6) is 1.78. The van der Waals surface area contributed by atoms with Gasteiger partial charge in [-0.1, -0.05) is 34.1 Å². The van der Waals surface area contributed by atoms with Gasteiger partial charge in [-0.3, -0.25) is 5.32 Å². The van der Waals surface area contributed by atoms with E-state index in [4.69, 9.17) is 0 Å². The van der Waals surface area contributed by atoms with Crippen molar-refractivity contribution >= 4 is 33.6 Å². The summed E-state index contributed by atoms with van der Waals surface area (Å²) in [5.41, 5.74) is 1.29. The second-order valence-corrected chi connectivity index (χ2v) is 7.01. The molecule has 0 radical (unpaired) electrons. The lowest BCUT2D eigenvalue weighted by Crippen LogP contribution is -2.52. The normalized spacial score (nSPS) is 14.2. The zero-order valence-electron chi connectivity index (χ0n) is 13.7. The van der Waals surface area contributed by atoms with Gasteiger partial charge in [-0.25, -0.2) is 14.8 Å². The van der Waals surface area contributed by atoms with Crippen molar-refractivity contribution in [3.05, 3.63) is 46.7 Å². The highest BCUT2D eigenvalue weighted by Gasteiger charge is 2.31. The molecule has 1 N–H and O–H groups in total. The van der Waals surface area contributed by atoms with Crippen LogP contribution in [-0.2, 0) is 6.42 Å². The van der Waals surface area contributed by atoms with Crippen molar-refractivity contribution in [2.45, 2.75) is 6.42 Å². The van der Waals surface area contributed by atoms with E-state index < -0.39 is 0 Å². The number of benzene rings is 1. The fourth-order valence-corrected chi connectivity index (χ4v) is 3.13. The summed E-state index contributed by atoms with van der Waals surface area (Å²) in [5, 5.41) is 2.83. The lowest BCUT2D eigenvalue weighted by Gasteiger charge is -2.39. The topological polar surface area (TPSA) is 61.4 Å². The number of amides is 2. The van der Waals surface area contributed by atoms with Gasteiger partial charge in [0.15, 0.2) is 0 Å². The molecule has 1 aliphatic heterocycles. The number of likely N-dealkylation sites (tertiary alicyclic amines) is 1. The standard InChI is InChI=1S/C17H20BrN5O/c1-22(2)16-8-15(19-11-20-16)21-17(24)23-9-12(10-23)7-13-5-3-4-6-14(13)18/h3-6,8,11-12H,7,9-10H2,1-2H3,(H,19,20,21,24). The molecule has 126 valence electrons. The molecule has 0 aliphatic carbocycles. The first-order valence-corrected chi connectivity index (χ1v) is 8.61. The minimum atomic E-state index is -0.109. The van der Waals surface area contributed by atoms with Crippen molar-refractivity contribution in [3.8, 4) is 0 Å². The fraction of sp³-hybridized carbons (Fsp3) is 0.353. The maximum absolute atomic E-state index is 12.3. The van der Waals surface area contributed by atoms with Crippen LogP contribution >= 0.6 is 15.9 Å². The van der Waals surface area contributed by atoms with E-state index in [-0.39, 0.29) is 6.03 Å². The number of hydrogen-bond acceptors (Lipinski definition) is 4. The molecule has 1 aromatic carbocycles. The number of anilines is 2. The highest BCUT2D eigenvalue weighted by molar-refractivity contribution is 9.10. The van der Waals surface area contributed by atoms with Crippen LogP contribution in [0.3, 0.4) is 0 Å². The summed E-state index contributed by atoms with van der Waals surface area (Å²) >= 11 is 3.57. The maximum atomic E-state index is 12.3. The van der Waals surface area contributed by atoms with Crippen LogP contribution in [0.15, 0.2) is 41.1 Å². The van der Waals surface area contributed by atoms with E-state index >= 15 is 0 Å². The Morgan fingerprint density at radius 2 is 2.08 bits per heavy atom. The van der Waals surface area contributed by atoms with Crippen molar-refractivity contribution in [2.24, 2.45) is 5.92 Å². The smallest absolute Gasteiger partial charge is 0.323 e. The zero-order valence-corrected chi connectivity index (χ0v) is 15.3. The number of rotatable bonds is 4. The Hall–Kier alpha value is -2.15. The van der Waals surface area contributed by atoms with Crippen LogP contribution in [0.4, 0.5) is 16.4 Å². The highest BCUT2D eigenvalue weighted by Crippen LogP contribution is 2.25. The third kappa shape index (κ3) is 3.84. The van der Waals surface area contributed by atoms with E-state index in [2.05, 4.69) is 43.3 Å². The van der Waals surface area contributed by atoms with Crippen LogP contribution in [0, 0.1) is 5.92 Å². The first kappa shape index (κ1) is 16.7. The van der Waals surface area contributed by atoms with Gasteiger partial charge in [0, 0.05) is 37.7 Å². The van der Waals surface area contributed by atoms with Crippen LogP contribution in [0.1, 0.15) is 5.56 Å². The van der Waals surface area contributed by atoms with E-state index in [1.54, 1.807) is 11.0 Å². The minimum Gasteiger partial charge on any atom is -0.363 e. The number of hydrogen-bond donors (Lipinski definition) is 1. The molecule has 0 bridgehead atoms. The monoisotopic (exact) mass is 389 g/mol. The Balaban J connectivity index is 1.52. The molecule has 24 heavy (non-hydrogen) atoms. The number of aromatic nitrogens is 2. The molecule has 1 aromatic heterocycles. The molecule has 2 heterocycles. The lowest BCUT2D eigenvalue weighted by atomic mass is 9.92. The van der Waals surface area contributed by atoms with Crippen LogP contribution in [0.25, 0.3) is 0 Å². The average Bonchev–Trinajstić information content (AvgIpc) is 2.52. The Kier molecular flexibility index (Phi) is 4.99. The Labute approximate surface area is 150 Å². The SMILES string of the molecule is CN(C)c1cc(NC(=O)N2CC(Cc3ccccc3Br)C2)ncn1. The molecule has 2 amide bonds. The summed E-state index contributed by atoms with van der Waals surface area (Å²) in [6, 6.07) is 9.88. The van der Waals surface area contributed by atoms with Crippen molar-refractivity contribution in [3.63, 3.8) is 0 Å². The van der Waals surface area contributed by atoms with E-state index in [1.807, 2.05) is 31.1 Å². The summed E-state index contributed by atoms with van der Waals surface area (Å²) in [6.45, 7) is 1.53. The number of halogens is 1. The van der Waals surface area contributed by atoms with Crippen LogP contribution in [0.5, 0.6) is 0 Å². The van der Waals surface area contributed by atoms with Crippen LogP contribution in [-0.4, -0.2) is 48.1 Å². The fourth-order valence-electron chi connectivity index (χ4n) is 2.69. The molecule has 1 aliphatic rings. The first-order chi connectivity index (χ1) is 11.5. The van der Waals surface area contributed by atoms with Gasteiger partial charge in [0.25, 0.3) is 0 Å².